The van der Waals surface area contributed by atoms with Crippen molar-refractivity contribution in [2.24, 2.45) is 5.92 Å². The Morgan fingerprint density at radius 2 is 2.00 bits per heavy atom. The van der Waals surface area contributed by atoms with Gasteiger partial charge in [0.1, 0.15) is 11.6 Å². The smallest absolute Gasteiger partial charge is 0.329 e. The van der Waals surface area contributed by atoms with Gasteiger partial charge in [-0.05, 0) is 57.3 Å². The predicted molar refractivity (Wildman–Crippen MR) is 105 cm³/mol. The van der Waals surface area contributed by atoms with Crippen LogP contribution in [-0.4, -0.2) is 29.3 Å². The summed E-state index contributed by atoms with van der Waals surface area (Å²) >= 11 is 1.56. The number of hydrogen-bond donors (Lipinski definition) is 1. The second kappa shape index (κ2) is 10.7. The van der Waals surface area contributed by atoms with Crippen LogP contribution in [-0.2, 0) is 14.3 Å². The van der Waals surface area contributed by atoms with Crippen LogP contribution in [0.5, 0.6) is 0 Å². The molecule has 0 saturated carbocycles. The molecule has 0 heterocycles. The quantitative estimate of drug-likeness (QED) is 0.503. The summed E-state index contributed by atoms with van der Waals surface area (Å²) in [5.74, 6) is -0.0761. The molecule has 0 aromatic heterocycles. The Kier molecular flexibility index (Phi) is 9.33. The molecule has 4 nitrogen and oxygen atoms in total. The average molecular weight is 368 g/mol. The molecule has 0 aliphatic heterocycles. The van der Waals surface area contributed by atoms with E-state index in [0.717, 1.165) is 32.1 Å². The first-order valence-electron chi connectivity index (χ1n) is 9.22. The van der Waals surface area contributed by atoms with Gasteiger partial charge in [-0.1, -0.05) is 38.5 Å². The SMILES string of the molecule is CCC[C@H](C)[C@H](NC(=O)CSC1=CCCC=CC1)C(=O)OC(C)(C)C. The van der Waals surface area contributed by atoms with Crippen molar-refractivity contribution in [2.45, 2.75) is 78.4 Å². The number of amides is 1. The number of esters is 1. The lowest BCUT2D eigenvalue weighted by atomic mass is 9.96. The molecule has 0 unspecified atom stereocenters. The molecular formula is C20H33NO3S. The summed E-state index contributed by atoms with van der Waals surface area (Å²) in [5.41, 5.74) is -0.557. The lowest BCUT2D eigenvalue weighted by Crippen LogP contribution is -2.48. The van der Waals surface area contributed by atoms with E-state index in [1.54, 1.807) is 11.8 Å². The fraction of sp³-hybridized carbons (Fsp3) is 0.700. The van der Waals surface area contributed by atoms with Crippen molar-refractivity contribution in [3.05, 3.63) is 23.1 Å². The molecule has 1 amide bonds. The first-order valence-corrected chi connectivity index (χ1v) is 10.2. The van der Waals surface area contributed by atoms with Crippen LogP contribution in [0.15, 0.2) is 23.1 Å². The third-order valence-corrected chi connectivity index (χ3v) is 4.98. The molecule has 1 N–H and O–H groups in total. The summed E-state index contributed by atoms with van der Waals surface area (Å²) in [7, 11) is 0. The molecular weight excluding hydrogens is 334 g/mol. The molecule has 1 aliphatic carbocycles. The number of allylic oxidation sites excluding steroid dienone is 4. The summed E-state index contributed by atoms with van der Waals surface area (Å²) < 4.78 is 5.50. The zero-order valence-electron chi connectivity index (χ0n) is 16.3. The minimum absolute atomic E-state index is 0.0498. The second-order valence-electron chi connectivity index (χ2n) is 7.56. The third kappa shape index (κ3) is 9.15. The summed E-state index contributed by atoms with van der Waals surface area (Å²) in [5, 5.41) is 2.90. The van der Waals surface area contributed by atoms with Crippen LogP contribution in [0, 0.1) is 5.92 Å². The number of carbonyl (C=O) groups excluding carboxylic acids is 2. The van der Waals surface area contributed by atoms with Crippen molar-refractivity contribution < 1.29 is 14.3 Å². The molecule has 0 aromatic rings. The monoisotopic (exact) mass is 367 g/mol. The maximum absolute atomic E-state index is 12.5. The molecule has 0 fully saturated rings. The maximum Gasteiger partial charge on any atom is 0.329 e. The van der Waals surface area contributed by atoms with E-state index in [1.807, 2.05) is 27.7 Å². The van der Waals surface area contributed by atoms with E-state index >= 15 is 0 Å². The van der Waals surface area contributed by atoms with E-state index in [1.165, 1.54) is 4.91 Å². The highest BCUT2D eigenvalue weighted by molar-refractivity contribution is 8.03. The predicted octanol–water partition coefficient (Wildman–Crippen LogP) is 4.61. The molecule has 5 heteroatoms. The van der Waals surface area contributed by atoms with Gasteiger partial charge in [-0.25, -0.2) is 4.79 Å². The van der Waals surface area contributed by atoms with Gasteiger partial charge in [-0.15, -0.1) is 11.8 Å². The van der Waals surface area contributed by atoms with Gasteiger partial charge >= 0.3 is 5.97 Å². The molecule has 0 saturated heterocycles. The van der Waals surface area contributed by atoms with Crippen molar-refractivity contribution >= 4 is 23.6 Å². The zero-order chi connectivity index (χ0) is 18.9. The molecule has 1 aliphatic rings. The Hall–Kier alpha value is -1.23. The lowest BCUT2D eigenvalue weighted by Gasteiger charge is -2.28. The Morgan fingerprint density at radius 3 is 2.64 bits per heavy atom. The molecule has 1 rings (SSSR count). The largest absolute Gasteiger partial charge is 0.458 e. The Labute approximate surface area is 156 Å². The highest BCUT2D eigenvalue weighted by Crippen LogP contribution is 2.23. The number of rotatable bonds is 8. The maximum atomic E-state index is 12.5. The van der Waals surface area contributed by atoms with Gasteiger partial charge in [0.15, 0.2) is 0 Å². The fourth-order valence-electron chi connectivity index (χ4n) is 2.65. The van der Waals surface area contributed by atoms with Crippen molar-refractivity contribution in [1.29, 1.82) is 0 Å². The van der Waals surface area contributed by atoms with Gasteiger partial charge in [0.25, 0.3) is 0 Å². The zero-order valence-corrected chi connectivity index (χ0v) is 17.1. The van der Waals surface area contributed by atoms with Crippen LogP contribution in [0.1, 0.15) is 66.7 Å². The minimum Gasteiger partial charge on any atom is -0.458 e. The molecule has 0 aromatic carbocycles. The average Bonchev–Trinajstić information content (AvgIpc) is 2.77. The van der Waals surface area contributed by atoms with Gasteiger partial charge in [-0.2, -0.15) is 0 Å². The number of carbonyl (C=O) groups is 2. The number of ether oxygens (including phenoxy) is 1. The van der Waals surface area contributed by atoms with Crippen molar-refractivity contribution in [3.63, 3.8) is 0 Å². The summed E-state index contributed by atoms with van der Waals surface area (Å²) in [6.07, 6.45) is 11.3. The van der Waals surface area contributed by atoms with E-state index in [2.05, 4.69) is 30.5 Å². The summed E-state index contributed by atoms with van der Waals surface area (Å²) in [4.78, 5) is 26.1. The van der Waals surface area contributed by atoms with Crippen molar-refractivity contribution in [2.75, 3.05) is 5.75 Å². The van der Waals surface area contributed by atoms with Crippen molar-refractivity contribution in [1.82, 2.24) is 5.32 Å². The van der Waals surface area contributed by atoms with Crippen LogP contribution >= 0.6 is 11.8 Å². The van der Waals surface area contributed by atoms with E-state index in [4.69, 9.17) is 4.74 Å². The van der Waals surface area contributed by atoms with E-state index in [0.29, 0.717) is 5.75 Å². The van der Waals surface area contributed by atoms with Crippen molar-refractivity contribution in [3.8, 4) is 0 Å². The standard InChI is InChI=1S/C20H33NO3S/c1-6-11-15(2)18(19(23)24-20(3,4)5)21-17(22)14-25-16-12-9-7-8-10-13-16/h7,9,13,15,18H,6,8,10-12,14H2,1-5H3,(H,21,22)/t15-,18-/m0/s1. The second-order valence-corrected chi connectivity index (χ2v) is 8.66. The molecule has 0 radical (unpaired) electrons. The van der Waals surface area contributed by atoms with Gasteiger partial charge < -0.3 is 10.1 Å². The minimum atomic E-state index is -0.588. The Balaban J connectivity index is 2.62. The third-order valence-electron chi connectivity index (χ3n) is 3.87. The lowest BCUT2D eigenvalue weighted by molar-refractivity contribution is -0.160. The summed E-state index contributed by atoms with van der Waals surface area (Å²) in [6.45, 7) is 9.60. The van der Waals surface area contributed by atoms with Gasteiger partial charge in [0, 0.05) is 0 Å². The van der Waals surface area contributed by atoms with Gasteiger partial charge in [0.2, 0.25) is 5.91 Å². The Bertz CT molecular complexity index is 506. The van der Waals surface area contributed by atoms with E-state index < -0.39 is 11.6 Å². The van der Waals surface area contributed by atoms with Crippen LogP contribution in [0.2, 0.25) is 0 Å². The Morgan fingerprint density at radius 1 is 1.28 bits per heavy atom. The highest BCUT2D eigenvalue weighted by atomic mass is 32.2. The first-order chi connectivity index (χ1) is 11.7. The highest BCUT2D eigenvalue weighted by Gasteiger charge is 2.30. The fourth-order valence-corrected chi connectivity index (χ4v) is 3.50. The molecule has 25 heavy (non-hydrogen) atoms. The van der Waals surface area contributed by atoms with Crippen LogP contribution < -0.4 is 5.32 Å². The van der Waals surface area contributed by atoms with Crippen LogP contribution in [0.4, 0.5) is 0 Å². The van der Waals surface area contributed by atoms with E-state index in [-0.39, 0.29) is 17.8 Å². The van der Waals surface area contributed by atoms with Crippen LogP contribution in [0.25, 0.3) is 0 Å². The molecule has 0 bridgehead atoms. The number of hydrogen-bond acceptors (Lipinski definition) is 4. The summed E-state index contributed by atoms with van der Waals surface area (Å²) in [6, 6.07) is -0.588. The number of nitrogens with one attached hydrogen (secondary N) is 1. The van der Waals surface area contributed by atoms with Gasteiger partial charge in [-0.3, -0.25) is 4.79 Å². The van der Waals surface area contributed by atoms with Crippen LogP contribution in [0.3, 0.4) is 0 Å². The normalized spacial score (nSPS) is 17.2. The molecule has 2 atom stereocenters. The topological polar surface area (TPSA) is 55.4 Å². The molecule has 0 spiro atoms. The van der Waals surface area contributed by atoms with Gasteiger partial charge in [0.05, 0.1) is 5.75 Å². The number of thioether (sulfide) groups is 1. The van der Waals surface area contributed by atoms with E-state index in [9.17, 15) is 9.59 Å². The molecule has 142 valence electrons. The first kappa shape index (κ1) is 21.8.